The van der Waals surface area contributed by atoms with Crippen LogP contribution in [0.15, 0.2) is 79.9 Å². The van der Waals surface area contributed by atoms with Crippen LogP contribution in [-0.4, -0.2) is 19.4 Å². The van der Waals surface area contributed by atoms with E-state index in [4.69, 9.17) is 16.2 Å². The second-order valence-electron chi connectivity index (χ2n) is 6.50. The predicted octanol–water partition coefficient (Wildman–Crippen LogP) is 4.77. The average Bonchev–Trinajstić information content (AvgIpc) is 2.73. The summed E-state index contributed by atoms with van der Waals surface area (Å²) in [4.78, 5) is 9.85. The summed E-state index contributed by atoms with van der Waals surface area (Å²) in [5, 5.41) is 15.9. The van der Waals surface area contributed by atoms with Crippen LogP contribution in [0.2, 0.25) is 0 Å². The number of rotatable bonds is 7. The molecule has 0 heterocycles. The number of carbonyl (C=O) groups excluding carboxylic acids is 1. The monoisotopic (exact) mass is 454 g/mol. The lowest BCUT2D eigenvalue weighted by atomic mass is 10.2. The molecule has 0 aliphatic heterocycles. The first-order valence-electron chi connectivity index (χ1n) is 8.99. The molecule has 0 aromatic heterocycles. The molecule has 32 heavy (non-hydrogen) atoms. The van der Waals surface area contributed by atoms with Gasteiger partial charge in [-0.3, -0.25) is 9.35 Å². The number of nitrogens with zero attached hydrogens (tertiary/aromatic N) is 4. The number of hydrogen-bond donors (Lipinski definition) is 3. The van der Waals surface area contributed by atoms with E-state index in [1.54, 1.807) is 30.3 Å². The van der Waals surface area contributed by atoms with E-state index in [2.05, 4.69) is 20.5 Å². The van der Waals surface area contributed by atoms with Gasteiger partial charge in [0.15, 0.2) is 0 Å². The van der Waals surface area contributed by atoms with Crippen LogP contribution in [-0.2, 0) is 14.9 Å². The van der Waals surface area contributed by atoms with Crippen molar-refractivity contribution in [3.63, 3.8) is 0 Å². The van der Waals surface area contributed by atoms with E-state index in [9.17, 15) is 17.8 Å². The molecule has 0 bridgehead atoms. The third kappa shape index (κ3) is 5.30. The first-order chi connectivity index (χ1) is 15.2. The Balaban J connectivity index is 2.09. The smallest absolute Gasteiger partial charge is 0.298 e. The van der Waals surface area contributed by atoms with Crippen LogP contribution in [0.5, 0.6) is 5.75 Å². The molecule has 3 aromatic carbocycles. The molecule has 3 rings (SSSR count). The van der Waals surface area contributed by atoms with Gasteiger partial charge in [-0.1, -0.05) is 18.2 Å². The van der Waals surface area contributed by atoms with Crippen molar-refractivity contribution in [2.24, 2.45) is 20.5 Å². The van der Waals surface area contributed by atoms with Crippen LogP contribution in [0.1, 0.15) is 5.56 Å². The first kappa shape index (κ1) is 22.5. The molecule has 0 unspecified atom stereocenters. The number of hydrogen-bond acceptors (Lipinski definition) is 10. The van der Waals surface area contributed by atoms with Gasteiger partial charge in [-0.15, -0.1) is 10.2 Å². The summed E-state index contributed by atoms with van der Waals surface area (Å²) in [5.74, 6) is 0.230. The Labute approximate surface area is 183 Å². The molecule has 0 radical (unpaired) electrons. The molecule has 12 heteroatoms. The molecular weight excluding hydrogens is 436 g/mol. The number of benzene rings is 3. The number of azo groups is 2. The predicted molar refractivity (Wildman–Crippen MR) is 118 cm³/mol. The highest BCUT2D eigenvalue weighted by atomic mass is 32.2. The lowest BCUT2D eigenvalue weighted by molar-refractivity contribution is -0.120. The number of nitrogens with two attached hydrogens (primary N) is 2. The second kappa shape index (κ2) is 9.32. The van der Waals surface area contributed by atoms with Crippen molar-refractivity contribution < 1.29 is 22.5 Å². The zero-order chi connectivity index (χ0) is 23.3. The summed E-state index contributed by atoms with van der Waals surface area (Å²) in [5.41, 5.74) is 12.9. The normalized spacial score (nSPS) is 11.8. The van der Waals surface area contributed by atoms with Crippen LogP contribution in [0.4, 0.5) is 34.1 Å². The third-order valence-corrected chi connectivity index (χ3v) is 5.03. The van der Waals surface area contributed by atoms with Crippen LogP contribution in [0.3, 0.4) is 0 Å². The maximum Gasteiger partial charge on any atom is 0.298 e. The zero-order valence-electron chi connectivity index (χ0n) is 16.7. The zero-order valence-corrected chi connectivity index (χ0v) is 17.5. The quantitative estimate of drug-likeness (QED) is 0.199. The summed E-state index contributed by atoms with van der Waals surface area (Å²) in [6, 6.07) is 14.1. The topological polar surface area (TPSA) is 182 Å². The summed E-state index contributed by atoms with van der Waals surface area (Å²) >= 11 is 0. The molecular formula is C20H18N6O5S. The van der Waals surface area contributed by atoms with E-state index in [1.165, 1.54) is 12.1 Å². The van der Waals surface area contributed by atoms with Gasteiger partial charge >= 0.3 is 0 Å². The molecule has 11 nitrogen and oxygen atoms in total. The Morgan fingerprint density at radius 2 is 1.56 bits per heavy atom. The van der Waals surface area contributed by atoms with Gasteiger partial charge in [0.25, 0.3) is 16.6 Å². The van der Waals surface area contributed by atoms with E-state index >= 15 is 0 Å². The van der Waals surface area contributed by atoms with Gasteiger partial charge in [0, 0.05) is 6.07 Å². The molecule has 3 aromatic rings. The summed E-state index contributed by atoms with van der Waals surface area (Å²) < 4.78 is 37.9. The van der Waals surface area contributed by atoms with E-state index in [1.807, 2.05) is 13.0 Å². The molecule has 0 fully saturated rings. The summed E-state index contributed by atoms with van der Waals surface area (Å²) in [6.45, 7) is 2.13. The van der Waals surface area contributed by atoms with Gasteiger partial charge in [-0.25, -0.2) is 0 Å². The van der Waals surface area contributed by atoms with Gasteiger partial charge in [0.05, 0.1) is 22.7 Å². The summed E-state index contributed by atoms with van der Waals surface area (Å²) in [7, 11) is -4.72. The number of carbonyl (C=O) groups is 1. The van der Waals surface area contributed by atoms with Crippen molar-refractivity contribution in [2.45, 2.75) is 11.8 Å². The Kier molecular flexibility index (Phi) is 6.56. The molecule has 0 saturated heterocycles. The highest BCUT2D eigenvalue weighted by molar-refractivity contribution is 7.86. The van der Waals surface area contributed by atoms with Crippen molar-refractivity contribution in [1.82, 2.24) is 0 Å². The Bertz CT molecular complexity index is 1340. The van der Waals surface area contributed by atoms with Crippen molar-refractivity contribution in [1.29, 1.82) is 0 Å². The molecule has 0 aliphatic carbocycles. The number of aryl methyl sites for hydroxylation is 1. The Morgan fingerprint density at radius 1 is 0.906 bits per heavy atom. The molecule has 0 aliphatic rings. The molecule has 0 amide bonds. The molecule has 0 saturated carbocycles. The lowest BCUT2D eigenvalue weighted by Crippen LogP contribution is -2.05. The highest BCUT2D eigenvalue weighted by Crippen LogP contribution is 2.43. The molecule has 5 N–H and O–H groups in total. The van der Waals surface area contributed by atoms with Gasteiger partial charge in [0.2, 0.25) is 0 Å². The van der Waals surface area contributed by atoms with Crippen molar-refractivity contribution in [2.75, 3.05) is 11.5 Å². The third-order valence-electron chi connectivity index (χ3n) is 4.14. The summed E-state index contributed by atoms with van der Waals surface area (Å²) in [6.07, 6.45) is 0. The van der Waals surface area contributed by atoms with Gasteiger partial charge in [0.1, 0.15) is 22.0 Å². The minimum Gasteiger partial charge on any atom is -0.429 e. The highest BCUT2D eigenvalue weighted by Gasteiger charge is 2.22. The van der Waals surface area contributed by atoms with E-state index in [-0.39, 0.29) is 40.7 Å². The molecule has 164 valence electrons. The minimum absolute atomic E-state index is 0.102. The van der Waals surface area contributed by atoms with Crippen LogP contribution in [0, 0.1) is 6.92 Å². The second-order valence-corrected chi connectivity index (χ2v) is 7.89. The fourth-order valence-corrected chi connectivity index (χ4v) is 3.29. The van der Waals surface area contributed by atoms with Crippen LogP contribution < -0.4 is 16.2 Å². The molecule has 0 spiro atoms. The minimum atomic E-state index is -4.72. The fourth-order valence-electron chi connectivity index (χ4n) is 2.65. The van der Waals surface area contributed by atoms with Gasteiger partial charge in [-0.05, 0) is 42.8 Å². The maximum absolute atomic E-state index is 11.8. The van der Waals surface area contributed by atoms with E-state index in [0.717, 1.165) is 11.6 Å². The van der Waals surface area contributed by atoms with E-state index < -0.39 is 15.0 Å². The van der Waals surface area contributed by atoms with Gasteiger partial charge in [-0.2, -0.15) is 18.6 Å². The first-order valence-corrected chi connectivity index (χ1v) is 10.4. The average molecular weight is 454 g/mol. The van der Waals surface area contributed by atoms with Crippen molar-refractivity contribution >= 4 is 50.7 Å². The van der Waals surface area contributed by atoms with Crippen molar-refractivity contribution in [3.05, 3.63) is 60.2 Å². The maximum atomic E-state index is 11.8. The largest absolute Gasteiger partial charge is 0.429 e. The number of ether oxygens (including phenoxy) is 1. The standard InChI is InChI=1S/C20H18N6O5S/c1-12-4-2-5-13(8-12)24-26-20-18(21)16(10-17(19(20)22)32(28,29)30)25-23-14-6-3-7-15(9-14)31-11-27/h2-11H,21-22H2,1H3,(H,28,29,30)/b25-23+,26-24+. The fraction of sp³-hybridized carbons (Fsp3) is 0.0500. The SMILES string of the molecule is Cc1cccc(/N=N/c2c(N)c(/N=N/c3cccc(OC=O)c3)cc(S(=O)(=O)O)c2N)c1. The Hall–Kier alpha value is -4.16. The van der Waals surface area contributed by atoms with E-state index in [0.29, 0.717) is 5.69 Å². The van der Waals surface area contributed by atoms with Crippen LogP contribution in [0.25, 0.3) is 0 Å². The lowest BCUT2D eigenvalue weighted by Gasteiger charge is -2.10. The molecule has 0 atom stereocenters. The number of nitrogen functional groups attached to an aromatic ring is 2. The van der Waals surface area contributed by atoms with Gasteiger partial charge < -0.3 is 16.2 Å². The number of anilines is 2. The van der Waals surface area contributed by atoms with Crippen molar-refractivity contribution in [3.8, 4) is 5.75 Å². The van der Waals surface area contributed by atoms with Crippen LogP contribution >= 0.6 is 0 Å². The Morgan fingerprint density at radius 3 is 2.22 bits per heavy atom.